The van der Waals surface area contributed by atoms with E-state index in [1.54, 1.807) is 4.68 Å². The summed E-state index contributed by atoms with van der Waals surface area (Å²) in [5, 5.41) is 3.34. The molecule has 0 saturated carbocycles. The second-order valence-electron chi connectivity index (χ2n) is 6.91. The van der Waals surface area contributed by atoms with Crippen molar-refractivity contribution in [2.45, 2.75) is 33.2 Å². The summed E-state index contributed by atoms with van der Waals surface area (Å²) in [6.07, 6.45) is 0. The first-order valence-electron chi connectivity index (χ1n) is 7.86. The monoisotopic (exact) mass is 306 g/mol. The molecule has 0 unspecified atom stereocenters. The number of nitrogens with zero attached hydrogens (tertiary/aromatic N) is 1. The van der Waals surface area contributed by atoms with Crippen LogP contribution in [0, 0.1) is 6.92 Å². The number of nitrogens with one attached hydrogen (secondary N) is 1. The largest absolute Gasteiger partial charge is 0.294 e. The fraction of sp³-hybridized carbons (Fsp3) is 0.250. The lowest BCUT2D eigenvalue weighted by Crippen LogP contribution is -2.32. The number of hydrogen-bond acceptors (Lipinski definition) is 1. The van der Waals surface area contributed by atoms with Gasteiger partial charge in [0.05, 0.1) is 16.8 Å². The minimum atomic E-state index is -0.303. The molecule has 0 bridgehead atoms. The number of aromatic amines is 1. The van der Waals surface area contributed by atoms with Crippen molar-refractivity contribution in [2.24, 2.45) is 0 Å². The van der Waals surface area contributed by atoms with E-state index in [2.05, 4.69) is 24.2 Å². The molecule has 3 heteroatoms. The minimum absolute atomic E-state index is 0.0141. The Morgan fingerprint density at radius 3 is 2.17 bits per heavy atom. The molecular formula is C20H22N2O. The topological polar surface area (TPSA) is 37.8 Å². The predicted octanol–water partition coefficient (Wildman–Crippen LogP) is 4.57. The molecule has 0 fully saturated rings. The predicted molar refractivity (Wildman–Crippen MR) is 95.7 cm³/mol. The number of hydrogen-bond donors (Lipinski definition) is 1. The lowest BCUT2D eigenvalue weighted by atomic mass is 10.0. The van der Waals surface area contributed by atoms with Crippen molar-refractivity contribution in [3.8, 4) is 22.4 Å². The lowest BCUT2D eigenvalue weighted by molar-refractivity contribution is 0.346. The lowest BCUT2D eigenvalue weighted by Gasteiger charge is -2.19. The number of rotatable bonds is 2. The summed E-state index contributed by atoms with van der Waals surface area (Å²) in [6.45, 7) is 8.14. The molecule has 3 nitrogen and oxygen atoms in total. The molecule has 0 aliphatic heterocycles. The van der Waals surface area contributed by atoms with Crippen LogP contribution in [0.5, 0.6) is 0 Å². The molecule has 1 aromatic heterocycles. The smallest absolute Gasteiger partial charge is 0.275 e. The Hall–Kier alpha value is -2.55. The van der Waals surface area contributed by atoms with Crippen molar-refractivity contribution in [1.82, 2.24) is 9.78 Å². The van der Waals surface area contributed by atoms with Gasteiger partial charge in [-0.25, -0.2) is 4.68 Å². The molecular weight excluding hydrogens is 284 g/mol. The first-order valence-corrected chi connectivity index (χ1v) is 7.86. The zero-order valence-electron chi connectivity index (χ0n) is 14.1. The van der Waals surface area contributed by atoms with Crippen LogP contribution in [0.25, 0.3) is 22.4 Å². The standard InChI is InChI=1S/C20H22N2O/c1-14-9-8-12-16(13-14)18-17(15-10-6-5-7-11-15)19(23)22(21-18)20(2,3)4/h5-13,21H,1-4H3. The summed E-state index contributed by atoms with van der Waals surface area (Å²) in [7, 11) is 0. The van der Waals surface area contributed by atoms with E-state index in [0.717, 1.165) is 22.4 Å². The molecule has 0 amide bonds. The summed E-state index contributed by atoms with van der Waals surface area (Å²) in [5.74, 6) is 0. The third-order valence-electron chi connectivity index (χ3n) is 3.93. The van der Waals surface area contributed by atoms with Crippen molar-refractivity contribution in [2.75, 3.05) is 0 Å². The van der Waals surface area contributed by atoms with Crippen LogP contribution in [-0.4, -0.2) is 9.78 Å². The summed E-state index contributed by atoms with van der Waals surface area (Å²) in [4.78, 5) is 13.0. The van der Waals surface area contributed by atoms with Gasteiger partial charge in [0.15, 0.2) is 0 Å². The Labute approximate surface area is 136 Å². The van der Waals surface area contributed by atoms with E-state index < -0.39 is 0 Å². The van der Waals surface area contributed by atoms with Gasteiger partial charge in [0.1, 0.15) is 0 Å². The maximum absolute atomic E-state index is 13.0. The van der Waals surface area contributed by atoms with Crippen LogP contribution < -0.4 is 5.56 Å². The van der Waals surface area contributed by atoms with Crippen molar-refractivity contribution in [1.29, 1.82) is 0 Å². The van der Waals surface area contributed by atoms with E-state index in [0.29, 0.717) is 0 Å². The van der Waals surface area contributed by atoms with Crippen LogP contribution >= 0.6 is 0 Å². The Morgan fingerprint density at radius 2 is 1.57 bits per heavy atom. The van der Waals surface area contributed by atoms with Gasteiger partial charge < -0.3 is 0 Å². The van der Waals surface area contributed by atoms with Crippen molar-refractivity contribution >= 4 is 0 Å². The summed E-state index contributed by atoms with van der Waals surface area (Å²) in [5.41, 5.74) is 4.46. The number of H-pyrrole nitrogens is 1. The molecule has 118 valence electrons. The van der Waals surface area contributed by atoms with Gasteiger partial charge in [-0.2, -0.15) is 0 Å². The molecule has 0 atom stereocenters. The molecule has 0 radical (unpaired) electrons. The van der Waals surface area contributed by atoms with Gasteiger partial charge in [0, 0.05) is 5.56 Å². The second kappa shape index (κ2) is 5.58. The van der Waals surface area contributed by atoms with Gasteiger partial charge in [0.2, 0.25) is 0 Å². The van der Waals surface area contributed by atoms with Gasteiger partial charge in [-0.05, 0) is 39.3 Å². The van der Waals surface area contributed by atoms with E-state index in [1.807, 2.05) is 63.2 Å². The molecule has 2 aromatic carbocycles. The Bertz CT molecular complexity index is 880. The van der Waals surface area contributed by atoms with Crippen LogP contribution in [0.2, 0.25) is 0 Å². The van der Waals surface area contributed by atoms with Crippen LogP contribution in [0.15, 0.2) is 59.4 Å². The van der Waals surface area contributed by atoms with Crippen LogP contribution in [-0.2, 0) is 5.54 Å². The first kappa shape index (κ1) is 15.3. The highest BCUT2D eigenvalue weighted by atomic mass is 16.1. The van der Waals surface area contributed by atoms with Gasteiger partial charge in [-0.1, -0.05) is 54.1 Å². The van der Waals surface area contributed by atoms with Gasteiger partial charge >= 0.3 is 0 Å². The Morgan fingerprint density at radius 1 is 0.913 bits per heavy atom. The molecule has 23 heavy (non-hydrogen) atoms. The molecule has 1 heterocycles. The van der Waals surface area contributed by atoms with Crippen LogP contribution in [0.1, 0.15) is 26.3 Å². The molecule has 1 N–H and O–H groups in total. The highest BCUT2D eigenvalue weighted by molar-refractivity contribution is 5.80. The van der Waals surface area contributed by atoms with Crippen LogP contribution in [0.4, 0.5) is 0 Å². The molecule has 0 spiro atoms. The Kier molecular flexibility index (Phi) is 3.72. The number of benzene rings is 2. The van der Waals surface area contributed by atoms with E-state index in [9.17, 15) is 4.79 Å². The summed E-state index contributed by atoms with van der Waals surface area (Å²) < 4.78 is 1.72. The fourth-order valence-electron chi connectivity index (χ4n) is 2.79. The zero-order valence-corrected chi connectivity index (χ0v) is 14.1. The van der Waals surface area contributed by atoms with Gasteiger partial charge in [0.25, 0.3) is 5.56 Å². The SMILES string of the molecule is Cc1cccc(-c2[nH]n(C(C)(C)C)c(=O)c2-c2ccccc2)c1. The van der Waals surface area contributed by atoms with Crippen molar-refractivity contribution < 1.29 is 0 Å². The van der Waals surface area contributed by atoms with Gasteiger partial charge in [-0.3, -0.25) is 9.89 Å². The zero-order chi connectivity index (χ0) is 16.6. The maximum Gasteiger partial charge on any atom is 0.275 e. The third-order valence-corrected chi connectivity index (χ3v) is 3.93. The molecule has 0 saturated heterocycles. The molecule has 0 aliphatic carbocycles. The van der Waals surface area contributed by atoms with E-state index in [1.165, 1.54) is 5.56 Å². The summed E-state index contributed by atoms with van der Waals surface area (Å²) in [6, 6.07) is 18.1. The van der Waals surface area contributed by atoms with E-state index >= 15 is 0 Å². The maximum atomic E-state index is 13.0. The molecule has 3 aromatic rings. The van der Waals surface area contributed by atoms with E-state index in [-0.39, 0.29) is 11.1 Å². The third kappa shape index (κ3) is 2.87. The minimum Gasteiger partial charge on any atom is -0.294 e. The molecule has 0 aliphatic rings. The second-order valence-corrected chi connectivity index (χ2v) is 6.91. The fourth-order valence-corrected chi connectivity index (χ4v) is 2.79. The number of aromatic nitrogens is 2. The first-order chi connectivity index (χ1) is 10.9. The average molecular weight is 306 g/mol. The van der Waals surface area contributed by atoms with Gasteiger partial charge in [-0.15, -0.1) is 0 Å². The van der Waals surface area contributed by atoms with Crippen molar-refractivity contribution in [3.05, 3.63) is 70.5 Å². The summed E-state index contributed by atoms with van der Waals surface area (Å²) >= 11 is 0. The van der Waals surface area contributed by atoms with E-state index in [4.69, 9.17) is 0 Å². The Balaban J connectivity index is 2.33. The van der Waals surface area contributed by atoms with Crippen molar-refractivity contribution in [3.63, 3.8) is 0 Å². The quantitative estimate of drug-likeness (QED) is 0.739. The highest BCUT2D eigenvalue weighted by Gasteiger charge is 2.23. The average Bonchev–Trinajstić information content (AvgIpc) is 2.86. The molecule has 3 rings (SSSR count). The number of aryl methyl sites for hydroxylation is 1. The van der Waals surface area contributed by atoms with Crippen LogP contribution in [0.3, 0.4) is 0 Å². The normalized spacial score (nSPS) is 11.7. The highest BCUT2D eigenvalue weighted by Crippen LogP contribution is 2.29.